The molecule has 3 rings (SSSR count). The van der Waals surface area contributed by atoms with Gasteiger partial charge >= 0.3 is 6.09 Å². The fourth-order valence-electron chi connectivity index (χ4n) is 2.73. The summed E-state index contributed by atoms with van der Waals surface area (Å²) >= 11 is 0. The number of halogens is 1. The maximum atomic E-state index is 13.8. The zero-order chi connectivity index (χ0) is 14.8. The number of amides is 1. The first kappa shape index (κ1) is 13.6. The Kier molecular flexibility index (Phi) is 3.60. The largest absolute Gasteiger partial charge is 0.465 e. The van der Waals surface area contributed by atoms with Crippen molar-refractivity contribution in [2.45, 2.75) is 18.8 Å². The van der Waals surface area contributed by atoms with Gasteiger partial charge in [-0.3, -0.25) is 0 Å². The summed E-state index contributed by atoms with van der Waals surface area (Å²) in [6, 6.07) is 6.50. The average molecular weight is 289 g/mol. The number of aromatic nitrogens is 2. The molecule has 1 atom stereocenters. The third-order valence-corrected chi connectivity index (χ3v) is 3.84. The Bertz CT molecular complexity index is 656. The maximum absolute atomic E-state index is 13.8. The normalized spacial score (nSPS) is 18.7. The highest BCUT2D eigenvalue weighted by Crippen LogP contribution is 2.26. The molecule has 1 saturated heterocycles. The van der Waals surface area contributed by atoms with Crippen LogP contribution in [0.4, 0.5) is 9.18 Å². The van der Waals surface area contributed by atoms with E-state index >= 15 is 0 Å². The minimum atomic E-state index is -0.895. The van der Waals surface area contributed by atoms with E-state index in [2.05, 4.69) is 4.98 Å². The molecule has 0 aliphatic carbocycles. The molecule has 1 N–H and O–H groups in total. The van der Waals surface area contributed by atoms with Gasteiger partial charge in [0.05, 0.1) is 17.7 Å². The molecule has 0 unspecified atom stereocenters. The van der Waals surface area contributed by atoms with Gasteiger partial charge in [0.2, 0.25) is 0 Å². The van der Waals surface area contributed by atoms with Crippen molar-refractivity contribution >= 4 is 6.09 Å². The van der Waals surface area contributed by atoms with E-state index in [1.165, 1.54) is 11.0 Å². The molecule has 6 heteroatoms. The van der Waals surface area contributed by atoms with Crippen molar-refractivity contribution in [3.05, 3.63) is 48.3 Å². The molecule has 1 fully saturated rings. The van der Waals surface area contributed by atoms with Crippen molar-refractivity contribution in [2.75, 3.05) is 13.1 Å². The van der Waals surface area contributed by atoms with Crippen LogP contribution in [0, 0.1) is 5.82 Å². The van der Waals surface area contributed by atoms with E-state index in [0.717, 1.165) is 18.5 Å². The second-order valence-corrected chi connectivity index (χ2v) is 5.22. The number of benzene rings is 1. The first-order chi connectivity index (χ1) is 10.1. The van der Waals surface area contributed by atoms with Crippen LogP contribution in [0.25, 0.3) is 5.69 Å². The van der Waals surface area contributed by atoms with Gasteiger partial charge in [0.15, 0.2) is 0 Å². The molecule has 1 amide bonds. The van der Waals surface area contributed by atoms with Crippen molar-refractivity contribution < 1.29 is 14.3 Å². The molecule has 0 saturated carbocycles. The summed E-state index contributed by atoms with van der Waals surface area (Å²) in [6.07, 6.45) is 4.19. The Labute approximate surface area is 121 Å². The van der Waals surface area contributed by atoms with Crippen molar-refractivity contribution in [1.82, 2.24) is 14.5 Å². The number of para-hydroxylation sites is 1. The molecule has 1 aromatic heterocycles. The fraction of sp³-hybridized carbons (Fsp3) is 0.333. The maximum Gasteiger partial charge on any atom is 0.407 e. The van der Waals surface area contributed by atoms with E-state index in [4.69, 9.17) is 5.11 Å². The van der Waals surface area contributed by atoms with Crippen LogP contribution >= 0.6 is 0 Å². The zero-order valence-corrected chi connectivity index (χ0v) is 11.4. The zero-order valence-electron chi connectivity index (χ0n) is 11.4. The highest BCUT2D eigenvalue weighted by atomic mass is 19.1. The van der Waals surface area contributed by atoms with Crippen LogP contribution in [0.5, 0.6) is 0 Å². The van der Waals surface area contributed by atoms with Crippen molar-refractivity contribution in [1.29, 1.82) is 0 Å². The molecule has 0 bridgehead atoms. The summed E-state index contributed by atoms with van der Waals surface area (Å²) < 4.78 is 15.4. The lowest BCUT2D eigenvalue weighted by Gasteiger charge is -2.29. The summed E-state index contributed by atoms with van der Waals surface area (Å²) in [7, 11) is 0. The van der Waals surface area contributed by atoms with E-state index in [-0.39, 0.29) is 11.7 Å². The second kappa shape index (κ2) is 5.55. The summed E-state index contributed by atoms with van der Waals surface area (Å²) in [6.45, 7) is 1.02. The summed E-state index contributed by atoms with van der Waals surface area (Å²) in [5, 5.41) is 9.07. The molecule has 1 aromatic carbocycles. The van der Waals surface area contributed by atoms with Gasteiger partial charge in [-0.15, -0.1) is 0 Å². The molecular formula is C15H16FN3O2. The predicted molar refractivity (Wildman–Crippen MR) is 75.1 cm³/mol. The van der Waals surface area contributed by atoms with Crippen LogP contribution in [0.1, 0.15) is 24.5 Å². The molecule has 2 aromatic rings. The van der Waals surface area contributed by atoms with Gasteiger partial charge in [-0.05, 0) is 25.0 Å². The first-order valence-electron chi connectivity index (χ1n) is 6.92. The molecule has 0 spiro atoms. The molecule has 0 radical (unpaired) electrons. The highest BCUT2D eigenvalue weighted by Gasteiger charge is 2.25. The van der Waals surface area contributed by atoms with Gasteiger partial charge in [0, 0.05) is 25.2 Å². The van der Waals surface area contributed by atoms with Crippen molar-refractivity contribution in [2.24, 2.45) is 0 Å². The fourth-order valence-corrected chi connectivity index (χ4v) is 2.73. The van der Waals surface area contributed by atoms with E-state index in [9.17, 15) is 9.18 Å². The molecule has 21 heavy (non-hydrogen) atoms. The van der Waals surface area contributed by atoms with Gasteiger partial charge in [-0.1, -0.05) is 12.1 Å². The van der Waals surface area contributed by atoms with Gasteiger partial charge in [-0.2, -0.15) is 0 Å². The number of likely N-dealkylation sites (tertiary alicyclic amines) is 1. The Balaban J connectivity index is 1.82. The minimum Gasteiger partial charge on any atom is -0.465 e. The highest BCUT2D eigenvalue weighted by molar-refractivity contribution is 5.65. The lowest BCUT2D eigenvalue weighted by atomic mass is 9.95. The van der Waals surface area contributed by atoms with Gasteiger partial charge in [0.25, 0.3) is 0 Å². The Morgan fingerprint density at radius 2 is 2.19 bits per heavy atom. The summed E-state index contributed by atoms with van der Waals surface area (Å²) in [5.41, 5.74) is 1.26. The molecule has 110 valence electrons. The van der Waals surface area contributed by atoms with Crippen LogP contribution in [0.15, 0.2) is 36.8 Å². The summed E-state index contributed by atoms with van der Waals surface area (Å²) in [5.74, 6) is -0.236. The number of hydrogen-bond acceptors (Lipinski definition) is 2. The minimum absolute atomic E-state index is 0.0721. The molecule has 1 aliphatic heterocycles. The number of rotatable bonds is 2. The Hall–Kier alpha value is -2.37. The predicted octanol–water partition coefficient (Wildman–Crippen LogP) is 2.87. The number of hydrogen-bond donors (Lipinski definition) is 1. The van der Waals surface area contributed by atoms with Gasteiger partial charge < -0.3 is 14.6 Å². The third kappa shape index (κ3) is 2.74. The quantitative estimate of drug-likeness (QED) is 0.924. The Morgan fingerprint density at radius 3 is 2.95 bits per heavy atom. The molecule has 2 heterocycles. The van der Waals surface area contributed by atoms with Crippen molar-refractivity contribution in [3.63, 3.8) is 0 Å². The SMILES string of the molecule is O=C(O)N1CCC[C@H](c2cn(-c3ccccc3F)cn2)C1. The van der Waals surface area contributed by atoms with Gasteiger partial charge in [0.1, 0.15) is 5.82 Å². The standard InChI is InChI=1S/C15H16FN3O2/c16-12-5-1-2-6-14(12)19-9-13(17-10-19)11-4-3-7-18(8-11)15(20)21/h1-2,5-6,9-11H,3-4,7-8H2,(H,20,21)/t11-/m0/s1. The van der Waals surface area contributed by atoms with Crippen molar-refractivity contribution in [3.8, 4) is 5.69 Å². The van der Waals surface area contributed by atoms with Crippen LogP contribution in [0.2, 0.25) is 0 Å². The van der Waals surface area contributed by atoms with Crippen LogP contribution in [-0.4, -0.2) is 38.7 Å². The van der Waals surface area contributed by atoms with E-state index in [1.807, 2.05) is 0 Å². The monoisotopic (exact) mass is 289 g/mol. The van der Waals surface area contributed by atoms with E-state index < -0.39 is 6.09 Å². The lowest BCUT2D eigenvalue weighted by molar-refractivity contribution is 0.130. The van der Waals surface area contributed by atoms with Crippen LogP contribution in [0.3, 0.4) is 0 Å². The second-order valence-electron chi connectivity index (χ2n) is 5.22. The van der Waals surface area contributed by atoms with E-state index in [1.54, 1.807) is 35.3 Å². The van der Waals surface area contributed by atoms with Crippen LogP contribution < -0.4 is 0 Å². The number of imidazole rings is 1. The third-order valence-electron chi connectivity index (χ3n) is 3.84. The lowest BCUT2D eigenvalue weighted by Crippen LogP contribution is -2.38. The average Bonchev–Trinajstić information content (AvgIpc) is 2.97. The molecular weight excluding hydrogens is 273 g/mol. The number of nitrogens with zero attached hydrogens (tertiary/aromatic N) is 3. The number of carbonyl (C=O) groups is 1. The number of piperidine rings is 1. The van der Waals surface area contributed by atoms with Gasteiger partial charge in [-0.25, -0.2) is 14.2 Å². The topological polar surface area (TPSA) is 58.4 Å². The van der Waals surface area contributed by atoms with E-state index in [0.29, 0.717) is 18.8 Å². The molecule has 1 aliphatic rings. The van der Waals surface area contributed by atoms with Crippen LogP contribution in [-0.2, 0) is 0 Å². The number of carboxylic acid groups (broad SMARTS) is 1. The smallest absolute Gasteiger partial charge is 0.407 e. The first-order valence-corrected chi connectivity index (χ1v) is 6.92. The molecule has 5 nitrogen and oxygen atoms in total. The summed E-state index contributed by atoms with van der Waals surface area (Å²) in [4.78, 5) is 16.8. The Morgan fingerprint density at radius 1 is 1.38 bits per heavy atom.